The Kier molecular flexibility index (Phi) is 3.46. The zero-order valence-electron chi connectivity index (χ0n) is 11.3. The molecule has 0 aromatic heterocycles. The Morgan fingerprint density at radius 2 is 1.79 bits per heavy atom. The van der Waals surface area contributed by atoms with Crippen molar-refractivity contribution >= 4 is 17.5 Å². The molecule has 5 nitrogen and oxygen atoms in total. The molecule has 2 atom stereocenters. The molecular formula is C14H18N2O3. The van der Waals surface area contributed by atoms with Gasteiger partial charge in [-0.05, 0) is 17.7 Å². The number of ether oxygens (including phenoxy) is 1. The number of nitrogens with zero attached hydrogens (tertiary/aromatic N) is 1. The van der Waals surface area contributed by atoms with E-state index in [1.807, 2.05) is 6.07 Å². The second-order valence-electron chi connectivity index (χ2n) is 4.92. The fourth-order valence-electron chi connectivity index (χ4n) is 2.25. The number of rotatable bonds is 3. The highest BCUT2D eigenvalue weighted by atomic mass is 16.5. The first kappa shape index (κ1) is 13.4. The van der Waals surface area contributed by atoms with Gasteiger partial charge in [-0.1, -0.05) is 19.9 Å². The third-order valence-electron chi connectivity index (χ3n) is 3.70. The molecule has 0 spiro atoms. The Morgan fingerprint density at radius 3 is 2.26 bits per heavy atom. The first-order chi connectivity index (χ1) is 8.95. The number of carbonyl (C=O) groups is 2. The van der Waals surface area contributed by atoms with E-state index in [1.54, 1.807) is 33.1 Å². The van der Waals surface area contributed by atoms with Crippen LogP contribution < -0.4 is 10.5 Å². The van der Waals surface area contributed by atoms with Crippen molar-refractivity contribution in [2.24, 2.45) is 11.8 Å². The van der Waals surface area contributed by atoms with E-state index in [0.29, 0.717) is 11.4 Å². The average molecular weight is 262 g/mol. The van der Waals surface area contributed by atoms with Crippen LogP contribution in [0.15, 0.2) is 18.2 Å². The van der Waals surface area contributed by atoms with Crippen molar-refractivity contribution in [2.45, 2.75) is 20.4 Å². The number of hydrogen-bond donors (Lipinski definition) is 1. The Morgan fingerprint density at radius 1 is 1.21 bits per heavy atom. The molecule has 1 aromatic rings. The Hall–Kier alpha value is -2.04. The topological polar surface area (TPSA) is 72.6 Å². The SMILES string of the molecule is COc1ccc(CN2C(=O)C(C)C(C)C2=O)cc1N. The minimum absolute atomic E-state index is 0.119. The van der Waals surface area contributed by atoms with Gasteiger partial charge < -0.3 is 10.5 Å². The zero-order chi connectivity index (χ0) is 14.2. The van der Waals surface area contributed by atoms with Crippen LogP contribution in [0.2, 0.25) is 0 Å². The summed E-state index contributed by atoms with van der Waals surface area (Å²) in [6.07, 6.45) is 0. The Balaban J connectivity index is 2.20. The van der Waals surface area contributed by atoms with Gasteiger partial charge in [-0.3, -0.25) is 14.5 Å². The molecule has 19 heavy (non-hydrogen) atoms. The molecule has 0 saturated carbocycles. The number of anilines is 1. The molecule has 102 valence electrons. The summed E-state index contributed by atoms with van der Waals surface area (Å²) < 4.78 is 5.07. The number of amides is 2. The van der Waals surface area contributed by atoms with E-state index >= 15 is 0 Å². The largest absolute Gasteiger partial charge is 0.495 e. The van der Waals surface area contributed by atoms with Crippen molar-refractivity contribution in [1.29, 1.82) is 0 Å². The molecule has 1 heterocycles. The van der Waals surface area contributed by atoms with E-state index in [2.05, 4.69) is 0 Å². The number of hydrogen-bond acceptors (Lipinski definition) is 4. The van der Waals surface area contributed by atoms with Gasteiger partial charge in [0.05, 0.1) is 19.3 Å². The standard InChI is InChI=1S/C14H18N2O3/c1-8-9(2)14(18)16(13(8)17)7-10-4-5-12(19-3)11(15)6-10/h4-6,8-9H,7,15H2,1-3H3. The molecule has 0 aliphatic carbocycles. The molecule has 0 bridgehead atoms. The zero-order valence-corrected chi connectivity index (χ0v) is 11.3. The first-order valence-electron chi connectivity index (χ1n) is 6.23. The summed E-state index contributed by atoms with van der Waals surface area (Å²) in [5.74, 6) is -0.144. The molecule has 1 fully saturated rings. The van der Waals surface area contributed by atoms with Crippen LogP contribution in [0.1, 0.15) is 19.4 Å². The summed E-state index contributed by atoms with van der Waals surface area (Å²) in [5.41, 5.74) is 7.14. The van der Waals surface area contributed by atoms with E-state index in [4.69, 9.17) is 10.5 Å². The fourth-order valence-corrected chi connectivity index (χ4v) is 2.25. The summed E-state index contributed by atoms with van der Waals surface area (Å²) in [7, 11) is 1.54. The number of nitrogens with two attached hydrogens (primary N) is 1. The van der Waals surface area contributed by atoms with Crippen LogP contribution in [0.3, 0.4) is 0 Å². The maximum Gasteiger partial charge on any atom is 0.233 e. The lowest BCUT2D eigenvalue weighted by Gasteiger charge is -2.15. The van der Waals surface area contributed by atoms with Crippen molar-refractivity contribution in [3.05, 3.63) is 23.8 Å². The Labute approximate surface area is 112 Å². The van der Waals surface area contributed by atoms with Gasteiger partial charge in [-0.25, -0.2) is 0 Å². The van der Waals surface area contributed by atoms with Crippen molar-refractivity contribution in [3.8, 4) is 5.75 Å². The second kappa shape index (κ2) is 4.91. The van der Waals surface area contributed by atoms with Crippen LogP contribution in [0.25, 0.3) is 0 Å². The monoisotopic (exact) mass is 262 g/mol. The van der Waals surface area contributed by atoms with Crippen molar-refractivity contribution in [1.82, 2.24) is 4.90 Å². The van der Waals surface area contributed by atoms with E-state index in [-0.39, 0.29) is 30.2 Å². The van der Waals surface area contributed by atoms with Gasteiger partial charge in [0, 0.05) is 11.8 Å². The summed E-state index contributed by atoms with van der Waals surface area (Å²) in [4.78, 5) is 25.3. The highest BCUT2D eigenvalue weighted by Crippen LogP contribution is 2.28. The van der Waals surface area contributed by atoms with Gasteiger partial charge in [-0.15, -0.1) is 0 Å². The number of nitrogen functional groups attached to an aromatic ring is 1. The van der Waals surface area contributed by atoms with Crippen molar-refractivity contribution < 1.29 is 14.3 Å². The molecule has 2 N–H and O–H groups in total. The first-order valence-corrected chi connectivity index (χ1v) is 6.23. The minimum Gasteiger partial charge on any atom is -0.495 e. The van der Waals surface area contributed by atoms with Crippen LogP contribution in [-0.2, 0) is 16.1 Å². The van der Waals surface area contributed by atoms with E-state index < -0.39 is 0 Å². The highest BCUT2D eigenvalue weighted by Gasteiger charge is 2.41. The molecular weight excluding hydrogens is 244 g/mol. The molecule has 1 aliphatic heterocycles. The maximum atomic E-state index is 12.0. The number of methoxy groups -OCH3 is 1. The van der Waals surface area contributed by atoms with Crippen LogP contribution in [0, 0.1) is 11.8 Å². The summed E-state index contributed by atoms with van der Waals surface area (Å²) in [6, 6.07) is 5.28. The predicted molar refractivity (Wildman–Crippen MR) is 71.3 cm³/mol. The summed E-state index contributed by atoms with van der Waals surface area (Å²) in [5, 5.41) is 0. The van der Waals surface area contributed by atoms with E-state index in [0.717, 1.165) is 5.56 Å². The van der Waals surface area contributed by atoms with Crippen molar-refractivity contribution in [3.63, 3.8) is 0 Å². The van der Waals surface area contributed by atoms with Crippen molar-refractivity contribution in [2.75, 3.05) is 12.8 Å². The van der Waals surface area contributed by atoms with E-state index in [1.165, 1.54) is 4.90 Å². The molecule has 1 saturated heterocycles. The predicted octanol–water partition coefficient (Wildman–Crippen LogP) is 1.42. The summed E-state index contributed by atoms with van der Waals surface area (Å²) in [6.45, 7) is 3.83. The van der Waals surface area contributed by atoms with Gasteiger partial charge in [-0.2, -0.15) is 0 Å². The molecule has 5 heteroatoms. The smallest absolute Gasteiger partial charge is 0.233 e. The number of benzene rings is 1. The number of likely N-dealkylation sites (tertiary alicyclic amines) is 1. The van der Waals surface area contributed by atoms with Crippen LogP contribution >= 0.6 is 0 Å². The molecule has 0 radical (unpaired) electrons. The van der Waals surface area contributed by atoms with Gasteiger partial charge >= 0.3 is 0 Å². The van der Waals surface area contributed by atoms with Gasteiger partial charge in [0.25, 0.3) is 0 Å². The number of imide groups is 1. The Bertz CT molecular complexity index is 507. The fraction of sp³-hybridized carbons (Fsp3) is 0.429. The minimum atomic E-state index is -0.247. The molecule has 2 rings (SSSR count). The normalized spacial score (nSPS) is 23.0. The van der Waals surface area contributed by atoms with Gasteiger partial charge in [0.15, 0.2) is 0 Å². The molecule has 2 unspecified atom stereocenters. The van der Waals surface area contributed by atoms with Crippen LogP contribution in [-0.4, -0.2) is 23.8 Å². The van der Waals surface area contributed by atoms with Gasteiger partial charge in [0.2, 0.25) is 11.8 Å². The van der Waals surface area contributed by atoms with Crippen LogP contribution in [0.5, 0.6) is 5.75 Å². The third kappa shape index (κ3) is 2.28. The average Bonchev–Trinajstić information content (AvgIpc) is 2.57. The third-order valence-corrected chi connectivity index (χ3v) is 3.70. The molecule has 1 aromatic carbocycles. The lowest BCUT2D eigenvalue weighted by atomic mass is 10.00. The molecule has 1 aliphatic rings. The van der Waals surface area contributed by atoms with Crippen LogP contribution in [0.4, 0.5) is 5.69 Å². The molecule has 2 amide bonds. The lowest BCUT2D eigenvalue weighted by molar-refractivity contribution is -0.140. The highest BCUT2D eigenvalue weighted by molar-refractivity contribution is 6.04. The van der Waals surface area contributed by atoms with E-state index in [9.17, 15) is 9.59 Å². The summed E-state index contributed by atoms with van der Waals surface area (Å²) >= 11 is 0. The second-order valence-corrected chi connectivity index (χ2v) is 4.92. The number of carbonyl (C=O) groups excluding carboxylic acids is 2. The lowest BCUT2D eigenvalue weighted by Crippen LogP contribution is -2.30. The quantitative estimate of drug-likeness (QED) is 0.660. The van der Waals surface area contributed by atoms with Gasteiger partial charge in [0.1, 0.15) is 5.75 Å². The maximum absolute atomic E-state index is 12.0.